The molecule has 1 atom stereocenters. The highest BCUT2D eigenvalue weighted by molar-refractivity contribution is 6.39. The van der Waals surface area contributed by atoms with Gasteiger partial charge in [-0.3, -0.25) is 0 Å². The van der Waals surface area contributed by atoms with E-state index in [1.165, 1.54) is 0 Å². The lowest BCUT2D eigenvalue weighted by molar-refractivity contribution is -0.129. The topological polar surface area (TPSA) is 61.7 Å². The Morgan fingerprint density at radius 1 is 1.05 bits per heavy atom. The smallest absolute Gasteiger partial charge is 0.371 e. The molecule has 2 aromatic rings. The van der Waals surface area contributed by atoms with E-state index in [9.17, 15) is 4.79 Å². The Hall–Kier alpha value is -2.62. The second-order valence-corrected chi connectivity index (χ2v) is 4.31. The summed E-state index contributed by atoms with van der Waals surface area (Å²) in [6, 6.07) is 17.0. The van der Waals surface area contributed by atoms with Crippen LogP contribution in [0.2, 0.25) is 0 Å². The van der Waals surface area contributed by atoms with E-state index in [0.717, 1.165) is 16.8 Å². The lowest BCUT2D eigenvalue weighted by Gasteiger charge is -2.23. The van der Waals surface area contributed by atoms with E-state index in [1.54, 1.807) is 0 Å². The highest BCUT2D eigenvalue weighted by atomic mass is 16.4. The molecule has 0 bridgehead atoms. The molecule has 0 spiro atoms. The highest BCUT2D eigenvalue weighted by Gasteiger charge is 2.25. The molecule has 4 nitrogen and oxygen atoms in total. The Bertz CT molecular complexity index is 650. The van der Waals surface area contributed by atoms with Gasteiger partial charge in [0.25, 0.3) is 0 Å². The molecule has 94 valence electrons. The number of anilines is 1. The third kappa shape index (κ3) is 2.08. The summed E-state index contributed by atoms with van der Waals surface area (Å²) in [4.78, 5) is 15.4. The number of carboxylic acids is 1. The van der Waals surface area contributed by atoms with Gasteiger partial charge in [-0.15, -0.1) is 0 Å². The molecule has 0 saturated heterocycles. The van der Waals surface area contributed by atoms with Crippen molar-refractivity contribution in [2.45, 2.75) is 6.04 Å². The van der Waals surface area contributed by atoms with Crippen LogP contribution in [-0.2, 0) is 4.79 Å². The Labute approximate surface area is 110 Å². The van der Waals surface area contributed by atoms with Gasteiger partial charge in [-0.05, 0) is 11.6 Å². The SMILES string of the molecule is O=C(O)C1=NC(c2ccccc2)c2ccccc2N1. The summed E-state index contributed by atoms with van der Waals surface area (Å²) in [5.41, 5.74) is 2.76. The maximum Gasteiger partial charge on any atom is 0.371 e. The number of aliphatic carboxylic acids is 1. The summed E-state index contributed by atoms with van der Waals surface area (Å²) < 4.78 is 0. The first kappa shape index (κ1) is 11.5. The minimum atomic E-state index is -1.05. The predicted octanol–water partition coefficient (Wildman–Crippen LogP) is 2.68. The highest BCUT2D eigenvalue weighted by Crippen LogP contribution is 2.34. The second kappa shape index (κ2) is 4.57. The zero-order valence-electron chi connectivity index (χ0n) is 10.1. The first-order chi connectivity index (χ1) is 9.25. The summed E-state index contributed by atoms with van der Waals surface area (Å²) in [6.07, 6.45) is 0. The molecule has 2 N–H and O–H groups in total. The van der Waals surface area contributed by atoms with Crippen molar-refractivity contribution >= 4 is 17.5 Å². The Morgan fingerprint density at radius 2 is 1.74 bits per heavy atom. The van der Waals surface area contributed by atoms with Crippen molar-refractivity contribution in [3.8, 4) is 0 Å². The van der Waals surface area contributed by atoms with Crippen molar-refractivity contribution in [1.29, 1.82) is 0 Å². The number of amidine groups is 1. The van der Waals surface area contributed by atoms with Crippen LogP contribution >= 0.6 is 0 Å². The van der Waals surface area contributed by atoms with Gasteiger partial charge >= 0.3 is 5.97 Å². The minimum Gasteiger partial charge on any atom is -0.475 e. The monoisotopic (exact) mass is 252 g/mol. The lowest BCUT2D eigenvalue weighted by Crippen LogP contribution is -2.28. The maximum atomic E-state index is 11.1. The molecule has 0 aromatic heterocycles. The molecular formula is C15H12N2O2. The van der Waals surface area contributed by atoms with Crippen LogP contribution in [-0.4, -0.2) is 16.9 Å². The standard InChI is InChI=1S/C15H12N2O2/c18-15(19)14-16-12-9-5-4-8-11(12)13(17-14)10-6-2-1-3-7-10/h1-9,13H,(H,16,17)(H,18,19). The number of hydrogen-bond donors (Lipinski definition) is 2. The van der Waals surface area contributed by atoms with Gasteiger partial charge in [-0.2, -0.15) is 0 Å². The number of carbonyl (C=O) groups is 1. The molecule has 1 heterocycles. The minimum absolute atomic E-state index is 0.0208. The zero-order valence-corrected chi connectivity index (χ0v) is 10.1. The van der Waals surface area contributed by atoms with Crippen LogP contribution in [0.5, 0.6) is 0 Å². The average molecular weight is 252 g/mol. The summed E-state index contributed by atoms with van der Waals surface area (Å²) in [7, 11) is 0. The number of rotatable bonds is 2. The van der Waals surface area contributed by atoms with Gasteiger partial charge in [-0.1, -0.05) is 48.5 Å². The third-order valence-corrected chi connectivity index (χ3v) is 3.08. The van der Waals surface area contributed by atoms with Crippen molar-refractivity contribution in [2.24, 2.45) is 4.99 Å². The summed E-state index contributed by atoms with van der Waals surface area (Å²) in [5, 5.41) is 12.0. The van der Waals surface area contributed by atoms with E-state index in [2.05, 4.69) is 10.3 Å². The van der Waals surface area contributed by atoms with Crippen LogP contribution < -0.4 is 5.32 Å². The van der Waals surface area contributed by atoms with Crippen molar-refractivity contribution in [3.05, 3.63) is 65.7 Å². The van der Waals surface area contributed by atoms with E-state index >= 15 is 0 Å². The molecule has 0 radical (unpaired) electrons. The fourth-order valence-corrected chi connectivity index (χ4v) is 2.21. The van der Waals surface area contributed by atoms with Crippen LogP contribution in [0.25, 0.3) is 0 Å². The van der Waals surface area contributed by atoms with Gasteiger partial charge in [0, 0.05) is 11.3 Å². The molecular weight excluding hydrogens is 240 g/mol. The molecule has 3 rings (SSSR count). The fraction of sp³-hybridized carbons (Fsp3) is 0.0667. The molecule has 0 fully saturated rings. The van der Waals surface area contributed by atoms with E-state index in [0.29, 0.717) is 0 Å². The van der Waals surface area contributed by atoms with Crippen molar-refractivity contribution in [2.75, 3.05) is 5.32 Å². The van der Waals surface area contributed by atoms with E-state index in [-0.39, 0.29) is 11.9 Å². The Balaban J connectivity index is 2.13. The number of carboxylic acid groups (broad SMARTS) is 1. The number of benzene rings is 2. The molecule has 1 aliphatic rings. The van der Waals surface area contributed by atoms with Crippen LogP contribution in [0.1, 0.15) is 17.2 Å². The largest absolute Gasteiger partial charge is 0.475 e. The molecule has 0 saturated carbocycles. The normalized spacial score (nSPS) is 17.1. The molecule has 0 aliphatic carbocycles. The predicted molar refractivity (Wildman–Crippen MR) is 73.4 cm³/mol. The van der Waals surface area contributed by atoms with Gasteiger partial charge in [0.2, 0.25) is 5.84 Å². The second-order valence-electron chi connectivity index (χ2n) is 4.31. The third-order valence-electron chi connectivity index (χ3n) is 3.08. The van der Waals surface area contributed by atoms with Gasteiger partial charge < -0.3 is 10.4 Å². The Morgan fingerprint density at radius 3 is 2.47 bits per heavy atom. The summed E-state index contributed by atoms with van der Waals surface area (Å²) in [6.45, 7) is 0. The number of nitrogens with zero attached hydrogens (tertiary/aromatic N) is 1. The molecule has 19 heavy (non-hydrogen) atoms. The van der Waals surface area contributed by atoms with Crippen LogP contribution in [0.3, 0.4) is 0 Å². The first-order valence-electron chi connectivity index (χ1n) is 5.97. The fourth-order valence-electron chi connectivity index (χ4n) is 2.21. The van der Waals surface area contributed by atoms with E-state index in [4.69, 9.17) is 5.11 Å². The first-order valence-corrected chi connectivity index (χ1v) is 5.97. The van der Waals surface area contributed by atoms with E-state index < -0.39 is 5.97 Å². The maximum absolute atomic E-state index is 11.1. The molecule has 1 aliphatic heterocycles. The molecule has 4 heteroatoms. The van der Waals surface area contributed by atoms with Gasteiger partial charge in [-0.25, -0.2) is 9.79 Å². The zero-order chi connectivity index (χ0) is 13.2. The van der Waals surface area contributed by atoms with Crippen LogP contribution in [0.15, 0.2) is 59.6 Å². The number of aliphatic imine (C=N–C) groups is 1. The van der Waals surface area contributed by atoms with Gasteiger partial charge in [0.15, 0.2) is 0 Å². The van der Waals surface area contributed by atoms with Crippen molar-refractivity contribution < 1.29 is 9.90 Å². The number of nitrogens with one attached hydrogen (secondary N) is 1. The summed E-state index contributed by atoms with van der Waals surface area (Å²) in [5.74, 6) is -1.07. The van der Waals surface area contributed by atoms with Crippen LogP contribution in [0, 0.1) is 0 Å². The van der Waals surface area contributed by atoms with Gasteiger partial charge in [0.05, 0.1) is 0 Å². The van der Waals surface area contributed by atoms with Crippen LogP contribution in [0.4, 0.5) is 5.69 Å². The number of para-hydroxylation sites is 1. The van der Waals surface area contributed by atoms with E-state index in [1.807, 2.05) is 54.6 Å². The van der Waals surface area contributed by atoms with Crippen molar-refractivity contribution in [3.63, 3.8) is 0 Å². The number of hydrogen-bond acceptors (Lipinski definition) is 3. The summed E-state index contributed by atoms with van der Waals surface area (Å²) >= 11 is 0. The quantitative estimate of drug-likeness (QED) is 0.863. The lowest BCUT2D eigenvalue weighted by atomic mass is 9.96. The average Bonchev–Trinajstić information content (AvgIpc) is 2.47. The molecule has 1 unspecified atom stereocenters. The molecule has 0 amide bonds. The number of fused-ring (bicyclic) bond motifs is 1. The Kier molecular flexibility index (Phi) is 2.76. The van der Waals surface area contributed by atoms with Crippen molar-refractivity contribution in [1.82, 2.24) is 0 Å². The molecule has 2 aromatic carbocycles. The van der Waals surface area contributed by atoms with Gasteiger partial charge in [0.1, 0.15) is 6.04 Å².